The number of anilines is 1. The highest BCUT2D eigenvalue weighted by atomic mass is 16.5. The van der Waals surface area contributed by atoms with Crippen molar-refractivity contribution in [3.05, 3.63) is 94.5 Å². The fraction of sp³-hybridized carbons (Fsp3) is 0.250. The SMILES string of the molecule is CCOc1ccc(CN2C(=O)c3ccccc3C2=O)cc1C(=O)Nc1cccc(COC(C)C)c1. The van der Waals surface area contributed by atoms with E-state index in [4.69, 9.17) is 9.47 Å². The average Bonchev–Trinajstić information content (AvgIpc) is 3.09. The normalized spacial score (nSPS) is 12.7. The fourth-order valence-corrected chi connectivity index (χ4v) is 3.90. The van der Waals surface area contributed by atoms with Crippen LogP contribution in [0.3, 0.4) is 0 Å². The predicted molar refractivity (Wildman–Crippen MR) is 133 cm³/mol. The molecular formula is C28H28N2O5. The quantitative estimate of drug-likeness (QED) is 0.440. The molecule has 0 unspecified atom stereocenters. The molecule has 7 heteroatoms. The summed E-state index contributed by atoms with van der Waals surface area (Å²) >= 11 is 0. The molecule has 180 valence electrons. The lowest BCUT2D eigenvalue weighted by molar-refractivity contribution is 0.0641. The van der Waals surface area contributed by atoms with Gasteiger partial charge in [-0.1, -0.05) is 30.3 Å². The first-order chi connectivity index (χ1) is 16.9. The van der Waals surface area contributed by atoms with Crippen LogP contribution in [-0.2, 0) is 17.9 Å². The first kappa shape index (κ1) is 24.2. The van der Waals surface area contributed by atoms with Crippen molar-refractivity contribution in [2.24, 2.45) is 0 Å². The summed E-state index contributed by atoms with van der Waals surface area (Å²) in [5.74, 6) is -0.605. The van der Waals surface area contributed by atoms with Crippen LogP contribution in [0.4, 0.5) is 5.69 Å². The van der Waals surface area contributed by atoms with Crippen LogP contribution in [0.1, 0.15) is 63.0 Å². The summed E-state index contributed by atoms with van der Waals surface area (Å²) in [5.41, 5.74) is 3.33. The van der Waals surface area contributed by atoms with Crippen LogP contribution >= 0.6 is 0 Å². The highest BCUT2D eigenvalue weighted by molar-refractivity contribution is 6.21. The molecule has 4 rings (SSSR count). The number of benzene rings is 3. The molecule has 0 aliphatic carbocycles. The zero-order valence-corrected chi connectivity index (χ0v) is 20.0. The molecular weight excluding hydrogens is 444 g/mol. The minimum Gasteiger partial charge on any atom is -0.493 e. The second-order valence-corrected chi connectivity index (χ2v) is 8.52. The number of carbonyl (C=O) groups is 3. The Morgan fingerprint density at radius 3 is 2.29 bits per heavy atom. The lowest BCUT2D eigenvalue weighted by Gasteiger charge is -2.17. The van der Waals surface area contributed by atoms with E-state index in [-0.39, 0.29) is 30.4 Å². The molecule has 0 saturated carbocycles. The third-order valence-corrected chi connectivity index (χ3v) is 5.58. The van der Waals surface area contributed by atoms with Gasteiger partial charge < -0.3 is 14.8 Å². The average molecular weight is 473 g/mol. The van der Waals surface area contributed by atoms with Gasteiger partial charge in [0, 0.05) is 5.69 Å². The molecule has 0 saturated heterocycles. The third kappa shape index (κ3) is 5.41. The number of imide groups is 1. The maximum absolute atomic E-state index is 13.2. The van der Waals surface area contributed by atoms with Gasteiger partial charge in [0.05, 0.1) is 42.6 Å². The van der Waals surface area contributed by atoms with E-state index in [0.717, 1.165) is 5.56 Å². The number of fused-ring (bicyclic) bond motifs is 1. The predicted octanol–water partition coefficient (Wildman–Crippen LogP) is 5.06. The van der Waals surface area contributed by atoms with E-state index >= 15 is 0 Å². The molecule has 0 fully saturated rings. The Morgan fingerprint density at radius 1 is 0.914 bits per heavy atom. The van der Waals surface area contributed by atoms with Crippen molar-refractivity contribution < 1.29 is 23.9 Å². The van der Waals surface area contributed by atoms with E-state index in [9.17, 15) is 14.4 Å². The summed E-state index contributed by atoms with van der Waals surface area (Å²) in [7, 11) is 0. The number of carbonyl (C=O) groups excluding carboxylic acids is 3. The third-order valence-electron chi connectivity index (χ3n) is 5.58. The second-order valence-electron chi connectivity index (χ2n) is 8.52. The lowest BCUT2D eigenvalue weighted by Crippen LogP contribution is -2.29. The molecule has 7 nitrogen and oxygen atoms in total. The zero-order chi connectivity index (χ0) is 24.9. The lowest BCUT2D eigenvalue weighted by atomic mass is 10.1. The molecule has 1 aliphatic rings. The summed E-state index contributed by atoms with van der Waals surface area (Å²) in [5, 5.41) is 2.92. The Bertz CT molecular complexity index is 1230. The van der Waals surface area contributed by atoms with Gasteiger partial charge in [-0.2, -0.15) is 0 Å². The molecule has 3 aromatic rings. The summed E-state index contributed by atoms with van der Waals surface area (Å²) < 4.78 is 11.3. The van der Waals surface area contributed by atoms with Crippen molar-refractivity contribution in [1.82, 2.24) is 4.90 Å². The molecule has 0 aromatic heterocycles. The number of ether oxygens (including phenoxy) is 2. The Kier molecular flexibility index (Phi) is 7.27. The molecule has 3 aromatic carbocycles. The number of amides is 3. The first-order valence-corrected chi connectivity index (χ1v) is 11.6. The molecule has 0 atom stereocenters. The maximum Gasteiger partial charge on any atom is 0.261 e. The van der Waals surface area contributed by atoms with E-state index in [2.05, 4.69) is 5.32 Å². The minimum atomic E-state index is -0.348. The standard InChI is InChI=1S/C28H28N2O5/c1-4-34-25-13-12-19(16-30-27(32)22-10-5-6-11-23(22)28(30)33)15-24(25)26(31)29-21-9-7-8-20(14-21)17-35-18(2)3/h5-15,18H,4,16-17H2,1-3H3,(H,29,31). The van der Waals surface area contributed by atoms with Gasteiger partial charge in [-0.05, 0) is 68.3 Å². The van der Waals surface area contributed by atoms with Gasteiger partial charge in [0.1, 0.15) is 5.75 Å². The summed E-state index contributed by atoms with van der Waals surface area (Å²) in [6, 6.07) is 19.3. The van der Waals surface area contributed by atoms with Crippen LogP contribution in [0.5, 0.6) is 5.75 Å². The monoisotopic (exact) mass is 472 g/mol. The van der Waals surface area contributed by atoms with Crippen molar-refractivity contribution in [3.63, 3.8) is 0 Å². The van der Waals surface area contributed by atoms with Crippen molar-refractivity contribution in [2.45, 2.75) is 40.0 Å². The fourth-order valence-electron chi connectivity index (χ4n) is 3.90. The van der Waals surface area contributed by atoms with E-state index in [1.165, 1.54) is 4.90 Å². The van der Waals surface area contributed by atoms with Crippen LogP contribution in [0.2, 0.25) is 0 Å². The van der Waals surface area contributed by atoms with Crippen molar-refractivity contribution >= 4 is 23.4 Å². The van der Waals surface area contributed by atoms with E-state index < -0.39 is 0 Å². The number of hydrogen-bond acceptors (Lipinski definition) is 5. The Hall–Kier alpha value is -3.97. The molecule has 0 spiro atoms. The Balaban J connectivity index is 1.55. The highest BCUT2D eigenvalue weighted by Crippen LogP contribution is 2.27. The van der Waals surface area contributed by atoms with Gasteiger partial charge in [-0.15, -0.1) is 0 Å². The molecule has 1 heterocycles. The van der Waals surface area contributed by atoms with Crippen LogP contribution in [-0.4, -0.2) is 35.3 Å². The van der Waals surface area contributed by atoms with Crippen molar-refractivity contribution in [3.8, 4) is 5.75 Å². The molecule has 1 N–H and O–H groups in total. The largest absolute Gasteiger partial charge is 0.493 e. The summed E-state index contributed by atoms with van der Waals surface area (Å²) in [4.78, 5) is 39.9. The maximum atomic E-state index is 13.2. The van der Waals surface area contributed by atoms with E-state index in [1.54, 1.807) is 48.5 Å². The molecule has 0 bridgehead atoms. The van der Waals surface area contributed by atoms with Crippen molar-refractivity contribution in [1.29, 1.82) is 0 Å². The summed E-state index contributed by atoms with van der Waals surface area (Å²) in [6.07, 6.45) is 0.104. The highest BCUT2D eigenvalue weighted by Gasteiger charge is 2.35. The Morgan fingerprint density at radius 2 is 1.63 bits per heavy atom. The van der Waals surface area contributed by atoms with Gasteiger partial charge in [0.2, 0.25) is 0 Å². The minimum absolute atomic E-state index is 0.0566. The van der Waals surface area contributed by atoms with Crippen LogP contribution in [0.25, 0.3) is 0 Å². The Labute approximate surface area is 204 Å². The molecule has 3 amide bonds. The number of nitrogens with one attached hydrogen (secondary N) is 1. The number of nitrogens with zero attached hydrogens (tertiary/aromatic N) is 1. The van der Waals surface area contributed by atoms with Crippen LogP contribution in [0, 0.1) is 0 Å². The summed E-state index contributed by atoms with van der Waals surface area (Å²) in [6.45, 7) is 6.67. The second kappa shape index (κ2) is 10.5. The van der Waals surface area contributed by atoms with Crippen LogP contribution < -0.4 is 10.1 Å². The molecule has 0 radical (unpaired) electrons. The van der Waals surface area contributed by atoms with E-state index in [1.807, 2.05) is 39.0 Å². The van der Waals surface area contributed by atoms with Gasteiger partial charge in [-0.25, -0.2) is 0 Å². The van der Waals surface area contributed by atoms with Crippen LogP contribution in [0.15, 0.2) is 66.7 Å². The first-order valence-electron chi connectivity index (χ1n) is 11.6. The topological polar surface area (TPSA) is 84.9 Å². The smallest absolute Gasteiger partial charge is 0.261 e. The number of rotatable bonds is 9. The van der Waals surface area contributed by atoms with Crippen molar-refractivity contribution in [2.75, 3.05) is 11.9 Å². The van der Waals surface area contributed by atoms with E-state index in [0.29, 0.717) is 46.9 Å². The molecule has 1 aliphatic heterocycles. The van der Waals surface area contributed by atoms with Gasteiger partial charge in [0.15, 0.2) is 0 Å². The number of hydrogen-bond donors (Lipinski definition) is 1. The molecule has 35 heavy (non-hydrogen) atoms. The van der Waals surface area contributed by atoms with Gasteiger partial charge in [0.25, 0.3) is 17.7 Å². The van der Waals surface area contributed by atoms with Gasteiger partial charge >= 0.3 is 0 Å². The zero-order valence-electron chi connectivity index (χ0n) is 20.0. The van der Waals surface area contributed by atoms with Gasteiger partial charge in [-0.3, -0.25) is 19.3 Å².